The zero-order valence-electron chi connectivity index (χ0n) is 12.6. The van der Waals surface area contributed by atoms with E-state index < -0.39 is 5.54 Å². The summed E-state index contributed by atoms with van der Waals surface area (Å²) in [5, 5.41) is 4.67. The number of allylic oxidation sites excluding steroid dienone is 1. The first-order valence-electron chi connectivity index (χ1n) is 7.51. The third-order valence-corrected chi connectivity index (χ3v) is 4.09. The Labute approximate surface area is 133 Å². The van der Waals surface area contributed by atoms with Crippen molar-refractivity contribution in [1.29, 1.82) is 0 Å². The molecule has 0 saturated carbocycles. The highest BCUT2D eigenvalue weighted by atomic mass is 15.3. The van der Waals surface area contributed by atoms with Crippen molar-refractivity contribution in [1.82, 2.24) is 14.6 Å². The maximum atomic E-state index is 6.47. The highest BCUT2D eigenvalue weighted by Gasteiger charge is 2.30. The summed E-state index contributed by atoms with van der Waals surface area (Å²) in [6.45, 7) is 0. The van der Waals surface area contributed by atoms with Crippen LogP contribution in [0.1, 0.15) is 12.2 Å². The Hall–Kier alpha value is -2.92. The molecule has 23 heavy (non-hydrogen) atoms. The van der Waals surface area contributed by atoms with Gasteiger partial charge in [0.25, 0.3) is 0 Å². The van der Waals surface area contributed by atoms with E-state index in [1.54, 1.807) is 0 Å². The second kappa shape index (κ2) is 5.07. The molecule has 0 spiro atoms. The molecule has 0 radical (unpaired) electrons. The summed E-state index contributed by atoms with van der Waals surface area (Å²) in [7, 11) is 0. The minimum absolute atomic E-state index is 0.590. The lowest BCUT2D eigenvalue weighted by atomic mass is 9.91. The molecule has 114 valence electrons. The van der Waals surface area contributed by atoms with Crippen LogP contribution in [0.3, 0.4) is 0 Å². The van der Waals surface area contributed by atoms with E-state index in [-0.39, 0.29) is 0 Å². The van der Waals surface area contributed by atoms with Gasteiger partial charge in [0.2, 0.25) is 0 Å². The van der Waals surface area contributed by atoms with E-state index in [2.05, 4.69) is 22.2 Å². The standard InChI is InChI=1S/C18H17N5/c19-14-9-11-18(20,12-10-14)17-21-16-8-4-7-15(23(16)22-17)13-5-2-1-3-6-13/h1-11H,12,19-20H2. The highest BCUT2D eigenvalue weighted by molar-refractivity contribution is 5.62. The van der Waals surface area contributed by atoms with Gasteiger partial charge in [0, 0.05) is 11.3 Å². The highest BCUT2D eigenvalue weighted by Crippen LogP contribution is 2.27. The van der Waals surface area contributed by atoms with Crippen molar-refractivity contribution in [3.05, 3.63) is 78.3 Å². The number of nitrogens with two attached hydrogens (primary N) is 2. The molecular weight excluding hydrogens is 286 g/mol. The number of benzene rings is 1. The fraction of sp³-hybridized carbons (Fsp3) is 0.111. The van der Waals surface area contributed by atoms with Crippen LogP contribution in [-0.4, -0.2) is 14.6 Å². The number of hydrogen-bond acceptors (Lipinski definition) is 4. The lowest BCUT2D eigenvalue weighted by Gasteiger charge is -2.23. The summed E-state index contributed by atoms with van der Waals surface area (Å²) in [4.78, 5) is 4.62. The lowest BCUT2D eigenvalue weighted by Crippen LogP contribution is -2.37. The molecule has 3 aromatic rings. The number of fused-ring (bicyclic) bond motifs is 1. The lowest BCUT2D eigenvalue weighted by molar-refractivity contribution is 0.523. The maximum absolute atomic E-state index is 6.47. The zero-order chi connectivity index (χ0) is 15.9. The molecule has 1 aliphatic rings. The fourth-order valence-corrected chi connectivity index (χ4v) is 2.76. The first-order valence-corrected chi connectivity index (χ1v) is 7.51. The smallest absolute Gasteiger partial charge is 0.175 e. The van der Waals surface area contributed by atoms with Gasteiger partial charge in [-0.05, 0) is 24.6 Å². The first-order chi connectivity index (χ1) is 11.2. The molecule has 2 aromatic heterocycles. The summed E-state index contributed by atoms with van der Waals surface area (Å²) in [6.07, 6.45) is 6.18. The van der Waals surface area contributed by atoms with Crippen molar-refractivity contribution in [2.45, 2.75) is 12.0 Å². The van der Waals surface area contributed by atoms with Crippen LogP contribution in [0.15, 0.2) is 72.5 Å². The van der Waals surface area contributed by atoms with Crippen LogP contribution >= 0.6 is 0 Å². The third-order valence-electron chi connectivity index (χ3n) is 4.09. The molecule has 5 nitrogen and oxygen atoms in total. The zero-order valence-corrected chi connectivity index (χ0v) is 12.6. The number of rotatable bonds is 2. The molecule has 2 heterocycles. The van der Waals surface area contributed by atoms with Crippen LogP contribution < -0.4 is 11.5 Å². The molecule has 1 aliphatic carbocycles. The SMILES string of the molecule is NC1=CCC(N)(c2nc3cccc(-c4ccccc4)n3n2)C=C1. The topological polar surface area (TPSA) is 82.2 Å². The van der Waals surface area contributed by atoms with Crippen molar-refractivity contribution >= 4 is 5.65 Å². The van der Waals surface area contributed by atoms with Gasteiger partial charge in [-0.3, -0.25) is 0 Å². The van der Waals surface area contributed by atoms with Crippen LogP contribution in [0.25, 0.3) is 16.9 Å². The van der Waals surface area contributed by atoms with Crippen LogP contribution in [-0.2, 0) is 5.54 Å². The minimum atomic E-state index is -0.719. The number of hydrogen-bond donors (Lipinski definition) is 2. The van der Waals surface area contributed by atoms with Gasteiger partial charge < -0.3 is 11.5 Å². The predicted octanol–water partition coefficient (Wildman–Crippen LogP) is 2.35. The summed E-state index contributed by atoms with van der Waals surface area (Å²) in [5.41, 5.74) is 15.1. The Morgan fingerprint density at radius 1 is 1.04 bits per heavy atom. The molecule has 0 fully saturated rings. The van der Waals surface area contributed by atoms with Crippen LogP contribution in [0, 0.1) is 0 Å². The molecular formula is C18H17N5. The number of nitrogens with zero attached hydrogens (tertiary/aromatic N) is 3. The van der Waals surface area contributed by atoms with Gasteiger partial charge >= 0.3 is 0 Å². The quantitative estimate of drug-likeness (QED) is 0.761. The molecule has 1 unspecified atom stereocenters. The average Bonchev–Trinajstić information content (AvgIpc) is 3.03. The molecule has 1 atom stereocenters. The van der Waals surface area contributed by atoms with E-state index in [0.29, 0.717) is 12.2 Å². The molecule has 0 amide bonds. The van der Waals surface area contributed by atoms with Crippen molar-refractivity contribution in [3.8, 4) is 11.3 Å². The van der Waals surface area contributed by atoms with Gasteiger partial charge in [-0.15, -0.1) is 5.10 Å². The Morgan fingerprint density at radius 2 is 1.87 bits per heavy atom. The molecule has 5 heteroatoms. The molecule has 4 rings (SSSR count). The first kappa shape index (κ1) is 13.7. The van der Waals surface area contributed by atoms with Crippen molar-refractivity contribution in [3.63, 3.8) is 0 Å². The molecule has 4 N–H and O–H groups in total. The minimum Gasteiger partial charge on any atom is -0.399 e. The number of aromatic nitrogens is 3. The van der Waals surface area contributed by atoms with E-state index >= 15 is 0 Å². The monoisotopic (exact) mass is 303 g/mol. The van der Waals surface area contributed by atoms with E-state index in [1.165, 1.54) is 0 Å². The van der Waals surface area contributed by atoms with Crippen molar-refractivity contribution in [2.24, 2.45) is 11.5 Å². The summed E-state index contributed by atoms with van der Waals surface area (Å²) < 4.78 is 1.84. The van der Waals surface area contributed by atoms with E-state index in [0.717, 1.165) is 22.6 Å². The normalized spacial score (nSPS) is 20.7. The van der Waals surface area contributed by atoms with E-state index in [1.807, 2.05) is 59.1 Å². The maximum Gasteiger partial charge on any atom is 0.175 e. The molecule has 1 aromatic carbocycles. The van der Waals surface area contributed by atoms with E-state index in [4.69, 9.17) is 11.5 Å². The van der Waals surface area contributed by atoms with E-state index in [9.17, 15) is 0 Å². The third kappa shape index (κ3) is 2.31. The summed E-state index contributed by atoms with van der Waals surface area (Å²) >= 11 is 0. The second-order valence-electron chi connectivity index (χ2n) is 5.76. The summed E-state index contributed by atoms with van der Waals surface area (Å²) in [5.74, 6) is 0.598. The van der Waals surface area contributed by atoms with Crippen LogP contribution in [0.5, 0.6) is 0 Å². The largest absolute Gasteiger partial charge is 0.399 e. The van der Waals surface area contributed by atoms with Crippen molar-refractivity contribution in [2.75, 3.05) is 0 Å². The van der Waals surface area contributed by atoms with Crippen LogP contribution in [0.4, 0.5) is 0 Å². The van der Waals surface area contributed by atoms with Crippen molar-refractivity contribution < 1.29 is 0 Å². The van der Waals surface area contributed by atoms with Gasteiger partial charge in [0.05, 0.1) is 5.69 Å². The fourth-order valence-electron chi connectivity index (χ4n) is 2.76. The Morgan fingerprint density at radius 3 is 2.61 bits per heavy atom. The van der Waals surface area contributed by atoms with Gasteiger partial charge in [0.15, 0.2) is 11.5 Å². The average molecular weight is 303 g/mol. The summed E-state index contributed by atoms with van der Waals surface area (Å²) in [6, 6.07) is 16.1. The Kier molecular flexibility index (Phi) is 3.02. The van der Waals surface area contributed by atoms with Gasteiger partial charge in [-0.2, -0.15) is 0 Å². The molecule has 0 bridgehead atoms. The molecule has 0 aliphatic heterocycles. The Balaban J connectivity index is 1.85. The van der Waals surface area contributed by atoms with Gasteiger partial charge in [-0.25, -0.2) is 9.50 Å². The second-order valence-corrected chi connectivity index (χ2v) is 5.76. The van der Waals surface area contributed by atoms with Gasteiger partial charge in [0.1, 0.15) is 5.54 Å². The predicted molar refractivity (Wildman–Crippen MR) is 90.3 cm³/mol. The Bertz CT molecular complexity index is 923. The molecule has 0 saturated heterocycles. The van der Waals surface area contributed by atoms with Crippen LogP contribution in [0.2, 0.25) is 0 Å². The number of pyridine rings is 1. The van der Waals surface area contributed by atoms with Gasteiger partial charge in [-0.1, -0.05) is 48.6 Å².